The maximum Gasteiger partial charge on any atom is 0.314 e. The highest BCUT2D eigenvalue weighted by Crippen LogP contribution is 2.12. The SMILES string of the molecule is Cc1cccc(CCNC(=O)NC[C@H](Cc2ccc(O)cc2)N(C)C)c1. The second-order valence-electron chi connectivity index (χ2n) is 6.86. The summed E-state index contributed by atoms with van der Waals surface area (Å²) in [6, 6.07) is 15.6. The van der Waals surface area contributed by atoms with E-state index in [1.54, 1.807) is 12.1 Å². The molecular weight excluding hydrogens is 326 g/mol. The van der Waals surface area contributed by atoms with E-state index in [2.05, 4.69) is 40.7 Å². The lowest BCUT2D eigenvalue weighted by molar-refractivity contribution is 0.232. The first-order chi connectivity index (χ1) is 12.4. The molecule has 26 heavy (non-hydrogen) atoms. The minimum absolute atomic E-state index is 0.143. The summed E-state index contributed by atoms with van der Waals surface area (Å²) in [5.41, 5.74) is 3.59. The predicted octanol–water partition coefficient (Wildman–Crippen LogP) is 2.72. The number of carbonyl (C=O) groups excluding carboxylic acids is 1. The highest BCUT2D eigenvalue weighted by molar-refractivity contribution is 5.73. The Kier molecular flexibility index (Phi) is 7.48. The van der Waals surface area contributed by atoms with Gasteiger partial charge in [0.2, 0.25) is 0 Å². The fourth-order valence-corrected chi connectivity index (χ4v) is 2.80. The number of hydrogen-bond donors (Lipinski definition) is 3. The number of urea groups is 1. The highest BCUT2D eigenvalue weighted by atomic mass is 16.3. The Labute approximate surface area is 156 Å². The number of nitrogens with one attached hydrogen (secondary N) is 2. The Hall–Kier alpha value is -2.53. The summed E-state index contributed by atoms with van der Waals surface area (Å²) in [6.45, 7) is 3.24. The molecule has 0 aromatic heterocycles. The van der Waals surface area contributed by atoms with Crippen molar-refractivity contribution >= 4 is 6.03 Å². The van der Waals surface area contributed by atoms with Gasteiger partial charge in [-0.1, -0.05) is 42.0 Å². The number of carbonyl (C=O) groups is 1. The second kappa shape index (κ2) is 9.82. The van der Waals surface area contributed by atoms with Crippen LogP contribution < -0.4 is 10.6 Å². The lowest BCUT2D eigenvalue weighted by Crippen LogP contribution is -2.45. The molecule has 0 saturated heterocycles. The third kappa shape index (κ3) is 6.76. The monoisotopic (exact) mass is 355 g/mol. The van der Waals surface area contributed by atoms with Crippen LogP contribution in [-0.4, -0.2) is 49.3 Å². The van der Waals surface area contributed by atoms with Crippen LogP contribution in [0, 0.1) is 6.92 Å². The van der Waals surface area contributed by atoms with Crippen molar-refractivity contribution in [2.45, 2.75) is 25.8 Å². The number of aryl methyl sites for hydroxylation is 1. The van der Waals surface area contributed by atoms with Crippen LogP contribution in [0.25, 0.3) is 0 Å². The number of hydrogen-bond acceptors (Lipinski definition) is 3. The quantitative estimate of drug-likeness (QED) is 0.682. The topological polar surface area (TPSA) is 64.6 Å². The standard InChI is InChI=1S/C21H29N3O2/c1-16-5-4-6-17(13-16)11-12-22-21(26)23-15-19(24(2)3)14-18-7-9-20(25)10-8-18/h4-10,13,19,25H,11-12,14-15H2,1-3H3,(H2,22,23,26)/t19-/m0/s1. The molecule has 5 nitrogen and oxygen atoms in total. The minimum atomic E-state index is -0.143. The van der Waals surface area contributed by atoms with Crippen LogP contribution in [0.15, 0.2) is 48.5 Å². The van der Waals surface area contributed by atoms with Crippen molar-refractivity contribution < 1.29 is 9.90 Å². The highest BCUT2D eigenvalue weighted by Gasteiger charge is 2.13. The molecule has 2 aromatic rings. The van der Waals surface area contributed by atoms with Gasteiger partial charge < -0.3 is 20.6 Å². The molecule has 0 aliphatic heterocycles. The molecule has 0 heterocycles. The van der Waals surface area contributed by atoms with Crippen LogP contribution in [0.1, 0.15) is 16.7 Å². The Morgan fingerprint density at radius 2 is 1.81 bits per heavy atom. The molecule has 3 N–H and O–H groups in total. The van der Waals surface area contributed by atoms with E-state index >= 15 is 0 Å². The van der Waals surface area contributed by atoms with E-state index in [1.165, 1.54) is 11.1 Å². The van der Waals surface area contributed by atoms with Crippen molar-refractivity contribution in [1.82, 2.24) is 15.5 Å². The molecule has 0 fully saturated rings. The third-order valence-electron chi connectivity index (χ3n) is 4.42. The number of phenols is 1. The molecule has 0 radical (unpaired) electrons. The first kappa shape index (κ1) is 19.8. The summed E-state index contributed by atoms with van der Waals surface area (Å²) in [5.74, 6) is 0.265. The number of benzene rings is 2. The van der Waals surface area contributed by atoms with Crippen molar-refractivity contribution in [2.75, 3.05) is 27.2 Å². The van der Waals surface area contributed by atoms with Gasteiger partial charge in [-0.2, -0.15) is 0 Å². The van der Waals surface area contributed by atoms with Gasteiger partial charge in [0.25, 0.3) is 0 Å². The Morgan fingerprint density at radius 1 is 1.08 bits per heavy atom. The normalized spacial score (nSPS) is 12.0. The van der Waals surface area contributed by atoms with E-state index in [4.69, 9.17) is 0 Å². The van der Waals surface area contributed by atoms with E-state index in [1.807, 2.05) is 32.3 Å². The molecule has 140 valence electrons. The summed E-state index contributed by atoms with van der Waals surface area (Å²) in [5, 5.41) is 15.2. The van der Waals surface area contributed by atoms with Crippen LogP contribution in [0.5, 0.6) is 5.75 Å². The molecule has 2 aromatic carbocycles. The predicted molar refractivity (Wildman–Crippen MR) is 106 cm³/mol. The number of likely N-dealkylation sites (N-methyl/N-ethyl adjacent to an activating group) is 1. The average Bonchev–Trinajstić information content (AvgIpc) is 2.60. The molecule has 2 amide bonds. The zero-order chi connectivity index (χ0) is 18.9. The lowest BCUT2D eigenvalue weighted by atomic mass is 10.1. The van der Waals surface area contributed by atoms with E-state index in [9.17, 15) is 9.90 Å². The maximum absolute atomic E-state index is 12.1. The summed E-state index contributed by atoms with van der Waals surface area (Å²) < 4.78 is 0. The van der Waals surface area contributed by atoms with Crippen molar-refractivity contribution in [3.8, 4) is 5.75 Å². The molecular formula is C21H29N3O2. The van der Waals surface area contributed by atoms with Gasteiger partial charge in [0.05, 0.1) is 0 Å². The molecule has 0 unspecified atom stereocenters. The fraction of sp³-hybridized carbons (Fsp3) is 0.381. The molecule has 0 bridgehead atoms. The Bertz CT molecular complexity index is 699. The van der Waals surface area contributed by atoms with Gasteiger partial charge in [0.15, 0.2) is 0 Å². The van der Waals surface area contributed by atoms with E-state index in [0.29, 0.717) is 13.1 Å². The van der Waals surface area contributed by atoms with Gasteiger partial charge in [-0.3, -0.25) is 0 Å². The van der Waals surface area contributed by atoms with E-state index in [-0.39, 0.29) is 17.8 Å². The first-order valence-electron chi connectivity index (χ1n) is 8.95. The van der Waals surface area contributed by atoms with Crippen molar-refractivity contribution in [3.05, 3.63) is 65.2 Å². The number of rotatable bonds is 8. The molecule has 0 spiro atoms. The van der Waals surface area contributed by atoms with Gasteiger partial charge in [0, 0.05) is 19.1 Å². The molecule has 0 aliphatic rings. The molecule has 0 aliphatic carbocycles. The molecule has 5 heteroatoms. The van der Waals surface area contributed by atoms with Crippen LogP contribution in [0.3, 0.4) is 0 Å². The van der Waals surface area contributed by atoms with Gasteiger partial charge in [-0.15, -0.1) is 0 Å². The molecule has 1 atom stereocenters. The summed E-state index contributed by atoms with van der Waals surface area (Å²) in [6.07, 6.45) is 1.62. The van der Waals surface area contributed by atoms with Gasteiger partial charge in [-0.05, 0) is 57.1 Å². The van der Waals surface area contributed by atoms with E-state index in [0.717, 1.165) is 18.4 Å². The van der Waals surface area contributed by atoms with E-state index < -0.39 is 0 Å². The number of phenolic OH excluding ortho intramolecular Hbond substituents is 1. The zero-order valence-electron chi connectivity index (χ0n) is 15.8. The number of aromatic hydroxyl groups is 1. The lowest BCUT2D eigenvalue weighted by Gasteiger charge is -2.25. The Balaban J connectivity index is 1.75. The average molecular weight is 355 g/mol. The largest absolute Gasteiger partial charge is 0.508 e. The van der Waals surface area contributed by atoms with Crippen LogP contribution >= 0.6 is 0 Å². The number of amides is 2. The zero-order valence-corrected chi connectivity index (χ0v) is 15.8. The second-order valence-corrected chi connectivity index (χ2v) is 6.86. The van der Waals surface area contributed by atoms with Gasteiger partial charge in [-0.25, -0.2) is 4.79 Å². The minimum Gasteiger partial charge on any atom is -0.508 e. The van der Waals surface area contributed by atoms with Gasteiger partial charge >= 0.3 is 6.03 Å². The fourth-order valence-electron chi connectivity index (χ4n) is 2.80. The van der Waals surface area contributed by atoms with Crippen LogP contribution in [0.2, 0.25) is 0 Å². The summed E-state index contributed by atoms with van der Waals surface area (Å²) >= 11 is 0. The summed E-state index contributed by atoms with van der Waals surface area (Å²) in [7, 11) is 4.00. The summed E-state index contributed by atoms with van der Waals surface area (Å²) in [4.78, 5) is 14.1. The number of nitrogens with zero attached hydrogens (tertiary/aromatic N) is 1. The van der Waals surface area contributed by atoms with Crippen LogP contribution in [-0.2, 0) is 12.8 Å². The Morgan fingerprint density at radius 3 is 2.46 bits per heavy atom. The molecule has 0 saturated carbocycles. The van der Waals surface area contributed by atoms with Crippen LogP contribution in [0.4, 0.5) is 4.79 Å². The first-order valence-corrected chi connectivity index (χ1v) is 8.95. The van der Waals surface area contributed by atoms with Gasteiger partial charge in [0.1, 0.15) is 5.75 Å². The maximum atomic E-state index is 12.1. The third-order valence-corrected chi connectivity index (χ3v) is 4.42. The van der Waals surface area contributed by atoms with Crippen molar-refractivity contribution in [2.24, 2.45) is 0 Å². The van der Waals surface area contributed by atoms with Crippen molar-refractivity contribution in [1.29, 1.82) is 0 Å². The smallest absolute Gasteiger partial charge is 0.314 e. The van der Waals surface area contributed by atoms with Crippen molar-refractivity contribution in [3.63, 3.8) is 0 Å². The molecule has 2 rings (SSSR count).